The number of anilines is 1. The number of nitrogens with zero attached hydrogens (tertiary/aromatic N) is 1. The molecule has 1 N–H and O–H groups in total. The Hall–Kier alpha value is -2.41. The quantitative estimate of drug-likeness (QED) is 0.812. The van der Waals surface area contributed by atoms with Gasteiger partial charge in [-0.15, -0.1) is 0 Å². The monoisotopic (exact) mass is 354 g/mol. The lowest BCUT2D eigenvalue weighted by Crippen LogP contribution is -2.39. The van der Waals surface area contributed by atoms with Crippen LogP contribution in [0.25, 0.3) is 0 Å². The van der Waals surface area contributed by atoms with Crippen molar-refractivity contribution >= 4 is 11.6 Å². The van der Waals surface area contributed by atoms with E-state index in [4.69, 9.17) is 0 Å². The van der Waals surface area contributed by atoms with Gasteiger partial charge in [-0.05, 0) is 55.9 Å². The average molecular weight is 354 g/mol. The molecule has 134 valence electrons. The van der Waals surface area contributed by atoms with Crippen molar-refractivity contribution < 1.29 is 22.4 Å². The van der Waals surface area contributed by atoms with Crippen molar-refractivity contribution in [2.45, 2.75) is 25.7 Å². The van der Waals surface area contributed by atoms with Gasteiger partial charge >= 0.3 is 6.18 Å². The van der Waals surface area contributed by atoms with Gasteiger partial charge in [-0.3, -0.25) is 9.69 Å². The van der Waals surface area contributed by atoms with Crippen LogP contribution in [0, 0.1) is 5.82 Å². The Kier molecular flexibility index (Phi) is 5.79. The average Bonchev–Trinajstić information content (AvgIpc) is 2.53. The molecule has 0 aliphatic carbocycles. The first-order valence-corrected chi connectivity index (χ1v) is 7.59. The molecule has 0 aliphatic rings. The van der Waals surface area contributed by atoms with Crippen LogP contribution < -0.4 is 5.32 Å². The van der Waals surface area contributed by atoms with Gasteiger partial charge in [0, 0.05) is 12.2 Å². The lowest BCUT2D eigenvalue weighted by Gasteiger charge is -2.24. The number of rotatable bonds is 5. The van der Waals surface area contributed by atoms with E-state index in [1.807, 2.05) is 0 Å². The second-order valence-corrected chi connectivity index (χ2v) is 5.79. The van der Waals surface area contributed by atoms with Crippen LogP contribution in [0.1, 0.15) is 18.1 Å². The molecule has 0 unspecified atom stereocenters. The number of halogens is 4. The summed E-state index contributed by atoms with van der Waals surface area (Å²) in [5, 5.41) is 2.58. The molecule has 3 nitrogen and oxygen atoms in total. The van der Waals surface area contributed by atoms with E-state index in [0.29, 0.717) is 6.54 Å². The molecule has 2 aromatic rings. The summed E-state index contributed by atoms with van der Waals surface area (Å²) in [7, 11) is 1.71. The topological polar surface area (TPSA) is 32.3 Å². The van der Waals surface area contributed by atoms with Crippen LogP contribution in [0.5, 0.6) is 0 Å². The molecule has 7 heteroatoms. The Morgan fingerprint density at radius 1 is 1.16 bits per heavy atom. The van der Waals surface area contributed by atoms with Crippen molar-refractivity contribution in [3.05, 3.63) is 65.5 Å². The Labute approximate surface area is 143 Å². The highest BCUT2D eigenvalue weighted by molar-refractivity contribution is 5.94. The SMILES string of the molecule is C[C@@H](C(=O)Nc1ccc(C(F)(F)F)cc1)N(C)Cc1cccc(F)c1. The predicted octanol–water partition coefficient (Wildman–Crippen LogP) is 4.30. The molecule has 0 spiro atoms. The van der Waals surface area contributed by atoms with Gasteiger partial charge in [0.15, 0.2) is 0 Å². The van der Waals surface area contributed by atoms with Gasteiger partial charge < -0.3 is 5.32 Å². The molecule has 1 amide bonds. The molecule has 0 saturated carbocycles. The third-order valence-corrected chi connectivity index (χ3v) is 3.84. The first-order valence-electron chi connectivity index (χ1n) is 7.59. The maximum absolute atomic E-state index is 13.2. The fourth-order valence-corrected chi connectivity index (χ4v) is 2.25. The number of carbonyl (C=O) groups excluding carboxylic acids is 1. The molecular weight excluding hydrogens is 336 g/mol. The van der Waals surface area contributed by atoms with E-state index in [1.54, 1.807) is 31.0 Å². The zero-order chi connectivity index (χ0) is 18.6. The maximum Gasteiger partial charge on any atom is 0.416 e. The first kappa shape index (κ1) is 18.9. The molecule has 0 aromatic heterocycles. The summed E-state index contributed by atoms with van der Waals surface area (Å²) in [5.41, 5.74) is 0.224. The van der Waals surface area contributed by atoms with Gasteiger partial charge in [-0.25, -0.2) is 4.39 Å². The van der Waals surface area contributed by atoms with Crippen LogP contribution in [0.2, 0.25) is 0 Å². The van der Waals surface area contributed by atoms with Gasteiger partial charge in [-0.2, -0.15) is 13.2 Å². The third-order valence-electron chi connectivity index (χ3n) is 3.84. The fraction of sp³-hybridized carbons (Fsp3) is 0.278. The minimum atomic E-state index is -4.42. The Morgan fingerprint density at radius 3 is 2.36 bits per heavy atom. The van der Waals surface area contributed by atoms with E-state index < -0.39 is 17.8 Å². The van der Waals surface area contributed by atoms with Gasteiger partial charge in [0.2, 0.25) is 5.91 Å². The number of likely N-dealkylation sites (N-methyl/N-ethyl adjacent to an activating group) is 1. The lowest BCUT2D eigenvalue weighted by atomic mass is 10.1. The van der Waals surface area contributed by atoms with Gasteiger partial charge in [0.25, 0.3) is 0 Å². The number of nitrogens with one attached hydrogen (secondary N) is 1. The number of alkyl halides is 3. The standard InChI is InChI=1S/C18H18F4N2O/c1-12(24(2)11-13-4-3-5-15(19)10-13)17(25)23-16-8-6-14(7-9-16)18(20,21)22/h3-10,12H,11H2,1-2H3,(H,23,25)/t12-/m0/s1. The molecule has 0 fully saturated rings. The molecular formula is C18H18F4N2O. The predicted molar refractivity (Wildman–Crippen MR) is 87.4 cm³/mol. The zero-order valence-electron chi connectivity index (χ0n) is 13.8. The lowest BCUT2D eigenvalue weighted by molar-refractivity contribution is -0.137. The van der Waals surface area contributed by atoms with Crippen molar-refractivity contribution in [2.75, 3.05) is 12.4 Å². The number of amides is 1. The van der Waals surface area contributed by atoms with Gasteiger partial charge in [0.05, 0.1) is 11.6 Å². The maximum atomic E-state index is 13.2. The van der Waals surface area contributed by atoms with Gasteiger partial charge in [0.1, 0.15) is 5.82 Å². The Bertz CT molecular complexity index is 729. The number of hydrogen-bond acceptors (Lipinski definition) is 2. The van der Waals surface area contributed by atoms with E-state index in [2.05, 4.69) is 5.32 Å². The highest BCUT2D eigenvalue weighted by Crippen LogP contribution is 2.29. The van der Waals surface area contributed by atoms with Crippen LogP contribution in [0.4, 0.5) is 23.2 Å². The molecule has 2 aromatic carbocycles. The summed E-state index contributed by atoms with van der Waals surface area (Å²) >= 11 is 0. The van der Waals surface area contributed by atoms with E-state index in [1.165, 1.54) is 24.3 Å². The number of benzene rings is 2. The van der Waals surface area contributed by atoms with Gasteiger partial charge in [-0.1, -0.05) is 12.1 Å². The molecule has 25 heavy (non-hydrogen) atoms. The summed E-state index contributed by atoms with van der Waals surface area (Å²) in [4.78, 5) is 14.0. The zero-order valence-corrected chi connectivity index (χ0v) is 13.8. The number of hydrogen-bond donors (Lipinski definition) is 1. The largest absolute Gasteiger partial charge is 0.416 e. The molecule has 0 radical (unpaired) electrons. The summed E-state index contributed by atoms with van der Waals surface area (Å²) in [6.07, 6.45) is -4.42. The van der Waals surface area contributed by atoms with Crippen molar-refractivity contribution in [3.8, 4) is 0 Å². The van der Waals surface area contributed by atoms with E-state index in [0.717, 1.165) is 17.7 Å². The van der Waals surface area contributed by atoms with Crippen LogP contribution in [-0.4, -0.2) is 23.9 Å². The van der Waals surface area contributed by atoms with Crippen molar-refractivity contribution in [3.63, 3.8) is 0 Å². The Balaban J connectivity index is 1.97. The van der Waals surface area contributed by atoms with Crippen LogP contribution in [0.3, 0.4) is 0 Å². The van der Waals surface area contributed by atoms with Crippen LogP contribution in [-0.2, 0) is 17.5 Å². The second-order valence-electron chi connectivity index (χ2n) is 5.79. The normalized spacial score (nSPS) is 12.9. The molecule has 0 bridgehead atoms. The van der Waals surface area contributed by atoms with Crippen molar-refractivity contribution in [1.29, 1.82) is 0 Å². The first-order chi connectivity index (χ1) is 11.7. The molecule has 0 saturated heterocycles. The van der Waals surface area contributed by atoms with E-state index in [9.17, 15) is 22.4 Å². The fourth-order valence-electron chi connectivity index (χ4n) is 2.25. The van der Waals surface area contributed by atoms with E-state index >= 15 is 0 Å². The Morgan fingerprint density at radius 2 is 1.80 bits per heavy atom. The second kappa shape index (κ2) is 7.65. The van der Waals surface area contributed by atoms with Crippen LogP contribution >= 0.6 is 0 Å². The summed E-state index contributed by atoms with van der Waals surface area (Å²) < 4.78 is 50.8. The third kappa shape index (κ3) is 5.29. The molecule has 0 heterocycles. The molecule has 2 rings (SSSR count). The minimum absolute atomic E-state index is 0.281. The number of carbonyl (C=O) groups is 1. The molecule has 0 aliphatic heterocycles. The summed E-state index contributed by atoms with van der Waals surface area (Å²) in [5.74, 6) is -0.716. The van der Waals surface area contributed by atoms with Crippen LogP contribution in [0.15, 0.2) is 48.5 Å². The summed E-state index contributed by atoms with van der Waals surface area (Å²) in [6.45, 7) is 2.03. The highest BCUT2D eigenvalue weighted by Gasteiger charge is 2.30. The molecule has 1 atom stereocenters. The van der Waals surface area contributed by atoms with E-state index in [-0.39, 0.29) is 17.4 Å². The smallest absolute Gasteiger partial charge is 0.325 e. The summed E-state index contributed by atoms with van der Waals surface area (Å²) in [6, 6.07) is 9.76. The highest BCUT2D eigenvalue weighted by atomic mass is 19.4. The van der Waals surface area contributed by atoms with Crippen molar-refractivity contribution in [2.24, 2.45) is 0 Å². The minimum Gasteiger partial charge on any atom is -0.325 e. The van der Waals surface area contributed by atoms with Crippen molar-refractivity contribution in [1.82, 2.24) is 4.90 Å².